The molecule has 1 fully saturated rings. The maximum atomic E-state index is 8.49. The number of likely N-dealkylation sites (N-methyl/N-ethyl adjacent to an activating group) is 1. The Morgan fingerprint density at radius 1 is 0.909 bits per heavy atom. The number of aliphatic imine (C=N–C) groups is 1. The molecule has 1 aromatic carbocycles. The zero-order chi connectivity index (χ0) is 31.6. The van der Waals surface area contributed by atoms with Crippen molar-refractivity contribution in [1.29, 1.82) is 0 Å². The lowest BCUT2D eigenvalue weighted by Gasteiger charge is -2.27. The van der Waals surface area contributed by atoms with Crippen LogP contribution in [0.25, 0.3) is 11.1 Å². The molecule has 5 aliphatic carbocycles. The SMILES string of the molecule is CCN=C1C=CC2=C(C=CC=C3C4C=CC(OC)=CC4C4C=C(N(C)C)C=CC34)c3ccc(OC)cc3C2=C1.[O-][Cl+3]([O-])([O-])[O-]. The van der Waals surface area contributed by atoms with Gasteiger partial charge in [0, 0.05) is 38.2 Å². The Morgan fingerprint density at radius 3 is 2.27 bits per heavy atom. The molecule has 1 saturated carbocycles. The Bertz CT molecular complexity index is 1610. The van der Waals surface area contributed by atoms with Gasteiger partial charge >= 0.3 is 0 Å². The second-order valence-electron chi connectivity index (χ2n) is 11.1. The summed E-state index contributed by atoms with van der Waals surface area (Å²) in [7, 11) is 2.76. The highest BCUT2D eigenvalue weighted by Gasteiger charge is 2.44. The van der Waals surface area contributed by atoms with Gasteiger partial charge in [-0.25, -0.2) is 18.6 Å². The van der Waals surface area contributed by atoms with E-state index in [1.807, 2.05) is 0 Å². The molecule has 0 heterocycles. The number of hydrogen-bond acceptors (Lipinski definition) is 8. The largest absolute Gasteiger partial charge is 0.497 e. The summed E-state index contributed by atoms with van der Waals surface area (Å²) in [5, 5.41) is 0. The van der Waals surface area contributed by atoms with Gasteiger partial charge in [0.15, 0.2) is 0 Å². The van der Waals surface area contributed by atoms with Crippen LogP contribution in [0.1, 0.15) is 18.1 Å². The molecule has 44 heavy (non-hydrogen) atoms. The average molecular weight is 616 g/mol. The lowest BCUT2D eigenvalue weighted by molar-refractivity contribution is -2.00. The molecule has 6 rings (SSSR count). The monoisotopic (exact) mass is 615 g/mol. The van der Waals surface area contributed by atoms with Gasteiger partial charge in [-0.05, 0) is 89.1 Å². The van der Waals surface area contributed by atoms with Crippen LogP contribution in [0.15, 0.2) is 119 Å². The van der Waals surface area contributed by atoms with Gasteiger partial charge in [-0.2, -0.15) is 0 Å². The van der Waals surface area contributed by atoms with Crippen molar-refractivity contribution in [2.75, 3.05) is 34.9 Å². The highest BCUT2D eigenvalue weighted by atomic mass is 35.7. The molecule has 4 unspecified atom stereocenters. The van der Waals surface area contributed by atoms with Crippen LogP contribution in [-0.4, -0.2) is 45.5 Å². The molecular formula is C35H36ClN2O6-. The van der Waals surface area contributed by atoms with Crippen LogP contribution >= 0.6 is 0 Å². The minimum atomic E-state index is -4.94. The van der Waals surface area contributed by atoms with Crippen LogP contribution in [0.5, 0.6) is 5.75 Å². The third-order valence-corrected chi connectivity index (χ3v) is 8.45. The smallest absolute Gasteiger partial charge is 0.119 e. The highest BCUT2D eigenvalue weighted by molar-refractivity contribution is 6.18. The highest BCUT2D eigenvalue weighted by Crippen LogP contribution is 2.52. The van der Waals surface area contributed by atoms with E-state index in [0.717, 1.165) is 23.8 Å². The van der Waals surface area contributed by atoms with Gasteiger partial charge < -0.3 is 14.4 Å². The van der Waals surface area contributed by atoms with Crippen LogP contribution in [0, 0.1) is 33.9 Å². The van der Waals surface area contributed by atoms with E-state index >= 15 is 0 Å². The predicted octanol–water partition coefficient (Wildman–Crippen LogP) is 2.20. The van der Waals surface area contributed by atoms with Crippen molar-refractivity contribution in [3.63, 3.8) is 0 Å². The Morgan fingerprint density at radius 2 is 1.61 bits per heavy atom. The van der Waals surface area contributed by atoms with Gasteiger partial charge in [-0.3, -0.25) is 4.99 Å². The molecule has 0 aromatic heterocycles. The van der Waals surface area contributed by atoms with E-state index in [9.17, 15) is 0 Å². The van der Waals surface area contributed by atoms with E-state index in [4.69, 9.17) is 28.1 Å². The number of benzene rings is 1. The first-order valence-corrected chi connectivity index (χ1v) is 15.6. The van der Waals surface area contributed by atoms with Gasteiger partial charge in [-0.15, -0.1) is 10.2 Å². The summed E-state index contributed by atoms with van der Waals surface area (Å²) in [6, 6.07) is 6.37. The lowest BCUT2D eigenvalue weighted by Crippen LogP contribution is -2.68. The number of hydrogen-bond donors (Lipinski definition) is 0. The molecule has 1 aromatic rings. The Kier molecular flexibility index (Phi) is 9.29. The van der Waals surface area contributed by atoms with Gasteiger partial charge in [-0.1, -0.05) is 54.2 Å². The maximum absolute atomic E-state index is 8.49. The zero-order valence-electron chi connectivity index (χ0n) is 25.4. The van der Waals surface area contributed by atoms with Crippen molar-refractivity contribution in [1.82, 2.24) is 4.90 Å². The van der Waals surface area contributed by atoms with Crippen molar-refractivity contribution < 1.29 is 38.4 Å². The fourth-order valence-electron chi connectivity index (χ4n) is 6.57. The third-order valence-electron chi connectivity index (χ3n) is 8.45. The Balaban J connectivity index is 0.000000712. The van der Waals surface area contributed by atoms with Gasteiger partial charge in [0.25, 0.3) is 0 Å². The number of fused-ring (bicyclic) bond motifs is 6. The summed E-state index contributed by atoms with van der Waals surface area (Å²) in [6.45, 7) is 2.84. The van der Waals surface area contributed by atoms with Gasteiger partial charge in [0.1, 0.15) is 11.5 Å². The Hall–Kier alpha value is -3.92. The van der Waals surface area contributed by atoms with Crippen LogP contribution in [0.3, 0.4) is 0 Å². The first-order chi connectivity index (χ1) is 21.0. The van der Waals surface area contributed by atoms with Crippen molar-refractivity contribution in [2.45, 2.75) is 6.92 Å². The normalized spacial score (nSPS) is 26.4. The number of allylic oxidation sites excluding steroid dienone is 16. The number of nitrogens with zero attached hydrogens (tertiary/aromatic N) is 2. The summed E-state index contributed by atoms with van der Waals surface area (Å²) in [6.07, 6.45) is 27.3. The second kappa shape index (κ2) is 13.0. The van der Waals surface area contributed by atoms with E-state index in [1.165, 1.54) is 39.1 Å². The maximum Gasteiger partial charge on any atom is 0.119 e. The first kappa shape index (κ1) is 31.5. The van der Waals surface area contributed by atoms with Crippen molar-refractivity contribution in [3.05, 3.63) is 125 Å². The molecule has 0 bridgehead atoms. The topological polar surface area (TPSA) is 126 Å². The van der Waals surface area contributed by atoms with E-state index in [2.05, 4.69) is 122 Å². The second-order valence-corrected chi connectivity index (χ2v) is 11.9. The number of halogens is 1. The minimum absolute atomic E-state index is 0.363. The molecular weight excluding hydrogens is 580 g/mol. The van der Waals surface area contributed by atoms with Crippen molar-refractivity contribution in [3.8, 4) is 5.75 Å². The molecule has 5 aliphatic rings. The quantitative estimate of drug-likeness (QED) is 0.480. The molecule has 230 valence electrons. The molecule has 0 amide bonds. The van der Waals surface area contributed by atoms with Crippen LogP contribution in [-0.2, 0) is 4.74 Å². The predicted molar refractivity (Wildman–Crippen MR) is 161 cm³/mol. The molecule has 0 saturated heterocycles. The Labute approximate surface area is 260 Å². The van der Waals surface area contributed by atoms with E-state index in [1.54, 1.807) is 14.2 Å². The number of rotatable bonds is 6. The van der Waals surface area contributed by atoms with Crippen LogP contribution in [0.4, 0.5) is 0 Å². The molecule has 0 spiro atoms. The molecule has 9 heteroatoms. The summed E-state index contributed by atoms with van der Waals surface area (Å²) in [5.41, 5.74) is 9.88. The van der Waals surface area contributed by atoms with Gasteiger partial charge in [0.05, 0.1) is 19.9 Å². The van der Waals surface area contributed by atoms with Crippen LogP contribution in [0.2, 0.25) is 0 Å². The van der Waals surface area contributed by atoms with E-state index in [0.29, 0.717) is 23.7 Å². The lowest BCUT2D eigenvalue weighted by atomic mass is 9.82. The molecule has 0 N–H and O–H groups in total. The standard InChI is InChI=1S/C35H36N2O2.ClHO4/c1-6-36-22-10-14-28-26(30-16-12-24(38-4)20-34(30)32(28)18-22)8-7-9-27-29-15-11-23(37(2)3)19-33(29)35-21-25(39-5)13-17-31(27)35;2-1(3,4)5/h7-21,29,31,33,35H,6H2,1-5H3;(H,2,3,4,5)/p-1. The average Bonchev–Trinajstić information content (AvgIpc) is 3.47. The minimum Gasteiger partial charge on any atom is -0.497 e. The fraction of sp³-hybridized carbons (Fsp3) is 0.286. The van der Waals surface area contributed by atoms with E-state index in [-0.39, 0.29) is 0 Å². The summed E-state index contributed by atoms with van der Waals surface area (Å²) in [4.78, 5) is 6.84. The zero-order valence-corrected chi connectivity index (χ0v) is 26.2. The van der Waals surface area contributed by atoms with E-state index < -0.39 is 10.2 Å². The van der Waals surface area contributed by atoms with Gasteiger partial charge in [0.2, 0.25) is 0 Å². The van der Waals surface area contributed by atoms with Crippen molar-refractivity contribution in [2.24, 2.45) is 28.7 Å². The van der Waals surface area contributed by atoms with Crippen LogP contribution < -0.4 is 23.4 Å². The number of ether oxygens (including phenoxy) is 2. The molecule has 0 radical (unpaired) electrons. The summed E-state index contributed by atoms with van der Waals surface area (Å²) in [5.74, 6) is 3.38. The first-order valence-electron chi connectivity index (χ1n) is 14.4. The molecule has 8 nitrogen and oxygen atoms in total. The molecule has 4 atom stereocenters. The molecule has 0 aliphatic heterocycles. The summed E-state index contributed by atoms with van der Waals surface area (Å²) < 4.78 is 45.1. The third kappa shape index (κ3) is 6.60. The van der Waals surface area contributed by atoms with Crippen molar-refractivity contribution >= 4 is 16.9 Å². The number of methoxy groups -OCH3 is 2. The fourth-order valence-corrected chi connectivity index (χ4v) is 6.57. The summed E-state index contributed by atoms with van der Waals surface area (Å²) >= 11 is 0.